The number of hydrogen-bond acceptors (Lipinski definition) is 3. The fraction of sp³-hybridized carbons (Fsp3) is 0.286. The highest BCUT2D eigenvalue weighted by Crippen LogP contribution is 2.33. The second-order valence-corrected chi connectivity index (χ2v) is 7.92. The highest BCUT2D eigenvalue weighted by atomic mass is 32.1. The van der Waals surface area contributed by atoms with Crippen molar-refractivity contribution in [3.63, 3.8) is 0 Å². The zero-order valence-electron chi connectivity index (χ0n) is 14.9. The molecule has 2 nitrogen and oxygen atoms in total. The molecule has 1 aromatic heterocycles. The van der Waals surface area contributed by atoms with Gasteiger partial charge >= 0.3 is 6.18 Å². The van der Waals surface area contributed by atoms with E-state index >= 15 is 0 Å². The van der Waals surface area contributed by atoms with Gasteiger partial charge in [0.1, 0.15) is 5.01 Å². The molecular weight excluding hydrogens is 369 g/mol. The second-order valence-electron chi connectivity index (χ2n) is 6.83. The van der Waals surface area contributed by atoms with Gasteiger partial charge in [-0.05, 0) is 36.6 Å². The van der Waals surface area contributed by atoms with Gasteiger partial charge in [-0.2, -0.15) is 13.2 Å². The normalized spacial score (nSPS) is 15.0. The van der Waals surface area contributed by atoms with Crippen LogP contribution in [0.2, 0.25) is 0 Å². The molecule has 4 rings (SSSR count). The SMILES string of the molecule is Cc1nc(-c2ccc(C(F)(F)F)cc2)sc1CN1CCc2ccccc2C1. The minimum atomic E-state index is -4.31. The number of halogens is 3. The standard InChI is InChI=1S/C21H19F3N2S/c1-14-19(13-26-11-10-15-4-2-3-5-17(15)12-26)27-20(25-14)16-6-8-18(9-7-16)21(22,23)24/h2-9H,10-13H2,1H3. The van der Waals surface area contributed by atoms with Crippen molar-refractivity contribution in [1.82, 2.24) is 9.88 Å². The van der Waals surface area contributed by atoms with Gasteiger partial charge in [-0.15, -0.1) is 11.3 Å². The summed E-state index contributed by atoms with van der Waals surface area (Å²) >= 11 is 1.57. The van der Waals surface area contributed by atoms with Crippen LogP contribution in [0, 0.1) is 6.92 Å². The third-order valence-corrected chi connectivity index (χ3v) is 6.12. The van der Waals surface area contributed by atoms with Crippen LogP contribution < -0.4 is 0 Å². The van der Waals surface area contributed by atoms with E-state index in [0.29, 0.717) is 0 Å². The molecule has 3 aromatic rings. The van der Waals surface area contributed by atoms with Crippen LogP contribution in [0.15, 0.2) is 48.5 Å². The molecule has 0 aliphatic carbocycles. The van der Waals surface area contributed by atoms with E-state index in [-0.39, 0.29) is 0 Å². The van der Waals surface area contributed by atoms with E-state index < -0.39 is 11.7 Å². The highest BCUT2D eigenvalue weighted by molar-refractivity contribution is 7.15. The lowest BCUT2D eigenvalue weighted by Crippen LogP contribution is -2.29. The first kappa shape index (κ1) is 18.2. The lowest BCUT2D eigenvalue weighted by atomic mass is 10.00. The Labute approximate surface area is 160 Å². The summed E-state index contributed by atoms with van der Waals surface area (Å²) in [7, 11) is 0. The second kappa shape index (κ2) is 7.09. The van der Waals surface area contributed by atoms with Crippen molar-refractivity contribution in [2.75, 3.05) is 6.54 Å². The Hall–Kier alpha value is -2.18. The molecule has 0 bridgehead atoms. The number of aromatic nitrogens is 1. The van der Waals surface area contributed by atoms with Crippen molar-refractivity contribution < 1.29 is 13.2 Å². The summed E-state index contributed by atoms with van der Waals surface area (Å²) < 4.78 is 38.2. The Morgan fingerprint density at radius 2 is 1.74 bits per heavy atom. The van der Waals surface area contributed by atoms with Gasteiger partial charge in [0.05, 0.1) is 11.3 Å². The van der Waals surface area contributed by atoms with Gasteiger partial charge in [0, 0.05) is 30.1 Å². The molecule has 6 heteroatoms. The zero-order chi connectivity index (χ0) is 19.0. The summed E-state index contributed by atoms with van der Waals surface area (Å²) in [6.07, 6.45) is -3.27. The van der Waals surface area contributed by atoms with E-state index in [1.807, 2.05) is 6.92 Å². The van der Waals surface area contributed by atoms with E-state index in [1.165, 1.54) is 28.1 Å². The van der Waals surface area contributed by atoms with Gasteiger partial charge in [0.25, 0.3) is 0 Å². The molecule has 0 radical (unpaired) electrons. The fourth-order valence-electron chi connectivity index (χ4n) is 3.39. The molecule has 0 fully saturated rings. The van der Waals surface area contributed by atoms with Crippen molar-refractivity contribution in [1.29, 1.82) is 0 Å². The molecule has 1 aliphatic heterocycles. The van der Waals surface area contributed by atoms with E-state index in [0.717, 1.165) is 54.5 Å². The molecule has 140 valence electrons. The molecule has 2 aromatic carbocycles. The Morgan fingerprint density at radius 3 is 2.44 bits per heavy atom. The predicted octanol–water partition coefficient (Wildman–Crippen LogP) is 5.70. The molecule has 27 heavy (non-hydrogen) atoms. The number of benzene rings is 2. The Bertz CT molecular complexity index is 945. The lowest BCUT2D eigenvalue weighted by Gasteiger charge is -2.28. The van der Waals surface area contributed by atoms with Crippen LogP contribution in [0.3, 0.4) is 0 Å². The summed E-state index contributed by atoms with van der Waals surface area (Å²) in [5, 5.41) is 0.772. The molecule has 0 spiro atoms. The van der Waals surface area contributed by atoms with Crippen LogP contribution in [-0.2, 0) is 25.7 Å². The Balaban J connectivity index is 1.51. The van der Waals surface area contributed by atoms with Gasteiger partial charge in [-0.1, -0.05) is 36.4 Å². The minimum Gasteiger partial charge on any atom is -0.294 e. The maximum atomic E-state index is 12.7. The third-order valence-electron chi connectivity index (χ3n) is 4.93. The van der Waals surface area contributed by atoms with E-state index in [1.54, 1.807) is 11.3 Å². The number of alkyl halides is 3. The molecular formula is C21H19F3N2S. The van der Waals surface area contributed by atoms with Crippen LogP contribution in [0.25, 0.3) is 10.6 Å². The van der Waals surface area contributed by atoms with E-state index in [4.69, 9.17) is 0 Å². The topological polar surface area (TPSA) is 16.1 Å². The average molecular weight is 388 g/mol. The first-order valence-corrected chi connectivity index (χ1v) is 9.65. The summed E-state index contributed by atoms with van der Waals surface area (Å²) in [6.45, 7) is 4.71. The van der Waals surface area contributed by atoms with Crippen molar-refractivity contribution in [3.05, 3.63) is 75.8 Å². The van der Waals surface area contributed by atoms with Gasteiger partial charge in [-0.3, -0.25) is 4.90 Å². The number of thiazole rings is 1. The lowest BCUT2D eigenvalue weighted by molar-refractivity contribution is -0.137. The zero-order valence-corrected chi connectivity index (χ0v) is 15.7. The summed E-state index contributed by atoms with van der Waals surface area (Å²) in [5.41, 5.74) is 3.83. The smallest absolute Gasteiger partial charge is 0.294 e. The number of hydrogen-bond donors (Lipinski definition) is 0. The quantitative estimate of drug-likeness (QED) is 0.573. The highest BCUT2D eigenvalue weighted by Gasteiger charge is 2.30. The van der Waals surface area contributed by atoms with Gasteiger partial charge in [-0.25, -0.2) is 4.98 Å². The molecule has 0 amide bonds. The number of aryl methyl sites for hydroxylation is 1. The van der Waals surface area contributed by atoms with Gasteiger partial charge in [0.15, 0.2) is 0 Å². The van der Waals surface area contributed by atoms with Crippen LogP contribution >= 0.6 is 11.3 Å². The monoisotopic (exact) mass is 388 g/mol. The van der Waals surface area contributed by atoms with Crippen LogP contribution in [-0.4, -0.2) is 16.4 Å². The number of rotatable bonds is 3. The van der Waals surface area contributed by atoms with Crippen molar-refractivity contribution >= 4 is 11.3 Å². The molecule has 0 N–H and O–H groups in total. The largest absolute Gasteiger partial charge is 0.416 e. The minimum absolute atomic E-state index is 0.633. The number of fused-ring (bicyclic) bond motifs is 1. The first-order chi connectivity index (χ1) is 12.9. The van der Waals surface area contributed by atoms with Crippen LogP contribution in [0.1, 0.15) is 27.3 Å². The van der Waals surface area contributed by atoms with Crippen molar-refractivity contribution in [2.24, 2.45) is 0 Å². The summed E-state index contributed by atoms with van der Waals surface area (Å²) in [6, 6.07) is 13.8. The Morgan fingerprint density at radius 1 is 1.04 bits per heavy atom. The molecule has 0 atom stereocenters. The average Bonchev–Trinajstić information content (AvgIpc) is 3.01. The van der Waals surface area contributed by atoms with Crippen LogP contribution in [0.4, 0.5) is 13.2 Å². The molecule has 1 aliphatic rings. The van der Waals surface area contributed by atoms with Gasteiger partial charge < -0.3 is 0 Å². The maximum absolute atomic E-state index is 12.7. The van der Waals surface area contributed by atoms with Crippen LogP contribution in [0.5, 0.6) is 0 Å². The summed E-state index contributed by atoms with van der Waals surface area (Å²) in [4.78, 5) is 8.17. The van der Waals surface area contributed by atoms with Crippen molar-refractivity contribution in [3.8, 4) is 10.6 Å². The van der Waals surface area contributed by atoms with Gasteiger partial charge in [0.2, 0.25) is 0 Å². The predicted molar refractivity (Wildman–Crippen MR) is 102 cm³/mol. The molecule has 0 saturated heterocycles. The molecule has 0 unspecified atom stereocenters. The number of nitrogens with zero attached hydrogens (tertiary/aromatic N) is 2. The molecule has 2 heterocycles. The third kappa shape index (κ3) is 3.92. The fourth-order valence-corrected chi connectivity index (χ4v) is 4.50. The van der Waals surface area contributed by atoms with Crippen molar-refractivity contribution in [2.45, 2.75) is 32.6 Å². The Kier molecular flexibility index (Phi) is 4.78. The molecule has 0 saturated carbocycles. The van der Waals surface area contributed by atoms with E-state index in [9.17, 15) is 13.2 Å². The van der Waals surface area contributed by atoms with E-state index in [2.05, 4.69) is 34.1 Å². The maximum Gasteiger partial charge on any atom is 0.416 e. The summed E-state index contributed by atoms with van der Waals surface area (Å²) in [5.74, 6) is 0. The first-order valence-electron chi connectivity index (χ1n) is 8.83.